The molecule has 1 saturated heterocycles. The van der Waals surface area contributed by atoms with E-state index in [-0.39, 0.29) is 11.7 Å². The lowest BCUT2D eigenvalue weighted by Gasteiger charge is -2.25. The molecule has 1 fully saturated rings. The molecule has 0 aliphatic carbocycles. The summed E-state index contributed by atoms with van der Waals surface area (Å²) >= 11 is 0. The van der Waals surface area contributed by atoms with Gasteiger partial charge in [0.25, 0.3) is 5.69 Å². The Morgan fingerprint density at radius 3 is 2.94 bits per heavy atom. The van der Waals surface area contributed by atoms with Crippen LogP contribution in [-0.4, -0.2) is 31.1 Å². The van der Waals surface area contributed by atoms with Gasteiger partial charge in [-0.1, -0.05) is 0 Å². The smallest absolute Gasteiger partial charge is 0.292 e. The maximum Gasteiger partial charge on any atom is 0.292 e. The Kier molecular flexibility index (Phi) is 3.44. The molecule has 0 aromatic heterocycles. The molecule has 2 rings (SSSR count). The standard InChI is InChI=1S/C12H14N4O2/c1-15(10-4-5-14-8-10)12-6-9(7-13)2-3-11(12)16(17)18/h2-3,6,10,14H,4-5,8H2,1H3. The van der Waals surface area contributed by atoms with Crippen LogP contribution in [0.2, 0.25) is 0 Å². The molecule has 6 nitrogen and oxygen atoms in total. The second kappa shape index (κ2) is 5.02. The summed E-state index contributed by atoms with van der Waals surface area (Å²) in [6, 6.07) is 6.70. The molecule has 18 heavy (non-hydrogen) atoms. The highest BCUT2D eigenvalue weighted by atomic mass is 16.6. The zero-order chi connectivity index (χ0) is 13.1. The fraction of sp³-hybridized carbons (Fsp3) is 0.417. The zero-order valence-corrected chi connectivity index (χ0v) is 10.1. The summed E-state index contributed by atoms with van der Waals surface area (Å²) in [5, 5.41) is 23.1. The van der Waals surface area contributed by atoms with Crippen LogP contribution in [-0.2, 0) is 0 Å². The molecule has 1 heterocycles. The van der Waals surface area contributed by atoms with Crippen molar-refractivity contribution in [1.82, 2.24) is 5.32 Å². The number of hydrogen-bond donors (Lipinski definition) is 1. The van der Waals surface area contributed by atoms with E-state index in [1.807, 2.05) is 18.0 Å². The number of nitro benzene ring substituents is 1. The summed E-state index contributed by atoms with van der Waals surface area (Å²) in [6.07, 6.45) is 0.949. The molecule has 0 radical (unpaired) electrons. The van der Waals surface area contributed by atoms with Crippen molar-refractivity contribution in [2.24, 2.45) is 0 Å². The van der Waals surface area contributed by atoms with Crippen LogP contribution in [0.25, 0.3) is 0 Å². The van der Waals surface area contributed by atoms with E-state index < -0.39 is 4.92 Å². The van der Waals surface area contributed by atoms with E-state index in [0.717, 1.165) is 19.5 Å². The van der Waals surface area contributed by atoms with Gasteiger partial charge in [-0.25, -0.2) is 0 Å². The maximum absolute atomic E-state index is 11.0. The van der Waals surface area contributed by atoms with Crippen molar-refractivity contribution in [3.8, 4) is 6.07 Å². The number of nitro groups is 1. The van der Waals surface area contributed by atoms with Gasteiger partial charge in [0.1, 0.15) is 5.69 Å². The predicted molar refractivity (Wildman–Crippen MR) is 67.5 cm³/mol. The van der Waals surface area contributed by atoms with E-state index in [1.165, 1.54) is 12.1 Å². The summed E-state index contributed by atoms with van der Waals surface area (Å²) in [4.78, 5) is 12.5. The molecule has 0 spiro atoms. The van der Waals surface area contributed by atoms with E-state index in [0.29, 0.717) is 11.3 Å². The molecule has 0 saturated carbocycles. The normalized spacial score (nSPS) is 18.3. The van der Waals surface area contributed by atoms with Gasteiger partial charge in [0.2, 0.25) is 0 Å². The van der Waals surface area contributed by atoms with Crippen LogP contribution in [0.15, 0.2) is 18.2 Å². The van der Waals surface area contributed by atoms with Crippen LogP contribution in [0.3, 0.4) is 0 Å². The topological polar surface area (TPSA) is 82.2 Å². The number of rotatable bonds is 3. The number of anilines is 1. The minimum absolute atomic E-state index is 0.0448. The fourth-order valence-electron chi connectivity index (χ4n) is 2.20. The third-order valence-electron chi connectivity index (χ3n) is 3.26. The average Bonchev–Trinajstić information content (AvgIpc) is 2.90. The largest absolute Gasteiger partial charge is 0.365 e. The Morgan fingerprint density at radius 2 is 2.39 bits per heavy atom. The molecule has 1 N–H and O–H groups in total. The zero-order valence-electron chi connectivity index (χ0n) is 10.1. The van der Waals surface area contributed by atoms with Crippen LogP contribution >= 0.6 is 0 Å². The van der Waals surface area contributed by atoms with Crippen LogP contribution in [0.1, 0.15) is 12.0 Å². The first-order valence-corrected chi connectivity index (χ1v) is 5.75. The van der Waals surface area contributed by atoms with Gasteiger partial charge < -0.3 is 10.2 Å². The Morgan fingerprint density at radius 1 is 1.61 bits per heavy atom. The van der Waals surface area contributed by atoms with Crippen molar-refractivity contribution >= 4 is 11.4 Å². The molecule has 1 aromatic carbocycles. The first kappa shape index (κ1) is 12.3. The van der Waals surface area contributed by atoms with E-state index in [1.54, 1.807) is 6.07 Å². The lowest BCUT2D eigenvalue weighted by molar-refractivity contribution is -0.384. The van der Waals surface area contributed by atoms with Crippen molar-refractivity contribution in [3.63, 3.8) is 0 Å². The van der Waals surface area contributed by atoms with Gasteiger partial charge in [0, 0.05) is 25.7 Å². The van der Waals surface area contributed by atoms with Crippen molar-refractivity contribution in [2.45, 2.75) is 12.5 Å². The highest BCUT2D eigenvalue weighted by Crippen LogP contribution is 2.30. The summed E-state index contributed by atoms with van der Waals surface area (Å²) in [6.45, 7) is 1.73. The van der Waals surface area contributed by atoms with Crippen LogP contribution in [0, 0.1) is 21.4 Å². The van der Waals surface area contributed by atoms with Crippen LogP contribution < -0.4 is 10.2 Å². The highest BCUT2D eigenvalue weighted by molar-refractivity contribution is 5.66. The lowest BCUT2D eigenvalue weighted by atomic mass is 10.1. The molecule has 1 atom stereocenters. The van der Waals surface area contributed by atoms with Gasteiger partial charge in [0.15, 0.2) is 0 Å². The van der Waals surface area contributed by atoms with Gasteiger partial charge >= 0.3 is 0 Å². The van der Waals surface area contributed by atoms with Gasteiger partial charge in [-0.15, -0.1) is 0 Å². The van der Waals surface area contributed by atoms with Gasteiger partial charge in [-0.05, 0) is 25.1 Å². The van der Waals surface area contributed by atoms with E-state index in [4.69, 9.17) is 5.26 Å². The maximum atomic E-state index is 11.0. The number of likely N-dealkylation sites (N-methyl/N-ethyl adjacent to an activating group) is 1. The SMILES string of the molecule is CN(c1cc(C#N)ccc1[N+](=O)[O-])C1CCNC1. The molecular weight excluding hydrogens is 232 g/mol. The molecule has 1 aliphatic heterocycles. The van der Waals surface area contributed by atoms with E-state index in [9.17, 15) is 10.1 Å². The molecule has 6 heteroatoms. The molecule has 1 aliphatic rings. The monoisotopic (exact) mass is 246 g/mol. The number of benzene rings is 1. The second-order valence-corrected chi connectivity index (χ2v) is 4.33. The summed E-state index contributed by atoms with van der Waals surface area (Å²) in [5.74, 6) is 0. The van der Waals surface area contributed by atoms with E-state index >= 15 is 0 Å². The lowest BCUT2D eigenvalue weighted by Crippen LogP contribution is -2.33. The Labute approximate surface area is 105 Å². The van der Waals surface area contributed by atoms with Gasteiger partial charge in [0.05, 0.1) is 16.6 Å². The van der Waals surface area contributed by atoms with Crippen molar-refractivity contribution in [3.05, 3.63) is 33.9 Å². The second-order valence-electron chi connectivity index (χ2n) is 4.33. The summed E-state index contributed by atoms with van der Waals surface area (Å²) in [5.41, 5.74) is 0.990. The number of hydrogen-bond acceptors (Lipinski definition) is 5. The highest BCUT2D eigenvalue weighted by Gasteiger charge is 2.25. The third kappa shape index (κ3) is 2.26. The third-order valence-corrected chi connectivity index (χ3v) is 3.26. The van der Waals surface area contributed by atoms with E-state index in [2.05, 4.69) is 5.32 Å². The predicted octanol–water partition coefficient (Wildman–Crippen LogP) is 1.26. The molecule has 1 unspecified atom stereocenters. The van der Waals surface area contributed by atoms with Crippen LogP contribution in [0.5, 0.6) is 0 Å². The number of nitrogens with zero attached hydrogens (tertiary/aromatic N) is 3. The molecule has 94 valence electrons. The Balaban J connectivity index is 2.39. The van der Waals surface area contributed by atoms with Gasteiger partial charge in [-0.3, -0.25) is 10.1 Å². The average molecular weight is 246 g/mol. The minimum atomic E-state index is -0.407. The summed E-state index contributed by atoms with van der Waals surface area (Å²) < 4.78 is 0. The van der Waals surface area contributed by atoms with Crippen molar-refractivity contribution in [1.29, 1.82) is 5.26 Å². The molecular formula is C12H14N4O2. The molecule has 0 amide bonds. The first-order chi connectivity index (χ1) is 8.63. The fourth-order valence-corrected chi connectivity index (χ4v) is 2.20. The molecule has 0 bridgehead atoms. The Bertz CT molecular complexity index is 503. The van der Waals surface area contributed by atoms with Gasteiger partial charge in [-0.2, -0.15) is 5.26 Å². The molecule has 1 aromatic rings. The number of nitriles is 1. The first-order valence-electron chi connectivity index (χ1n) is 5.75. The Hall–Kier alpha value is -2.13. The quantitative estimate of drug-likeness (QED) is 0.641. The van der Waals surface area contributed by atoms with Crippen molar-refractivity contribution in [2.75, 3.05) is 25.0 Å². The summed E-state index contributed by atoms with van der Waals surface area (Å²) in [7, 11) is 1.83. The minimum Gasteiger partial charge on any atom is -0.365 e. The number of nitrogens with one attached hydrogen (secondary N) is 1. The van der Waals surface area contributed by atoms with Crippen LogP contribution in [0.4, 0.5) is 11.4 Å². The van der Waals surface area contributed by atoms with Crippen molar-refractivity contribution < 1.29 is 4.92 Å².